The van der Waals surface area contributed by atoms with Gasteiger partial charge in [0.05, 0.1) is 11.0 Å². The van der Waals surface area contributed by atoms with Crippen molar-refractivity contribution >= 4 is 46.1 Å². The molecule has 4 aromatic rings. The zero-order valence-corrected chi connectivity index (χ0v) is 19.8. The molecule has 5 rings (SSSR count). The van der Waals surface area contributed by atoms with Gasteiger partial charge in [-0.2, -0.15) is 4.98 Å². The lowest BCUT2D eigenvalue weighted by atomic mass is 10.1. The number of anilines is 2. The van der Waals surface area contributed by atoms with E-state index in [0.717, 1.165) is 59.7 Å². The number of rotatable bonds is 6. The Labute approximate surface area is 196 Å². The fourth-order valence-electron chi connectivity index (χ4n) is 4.30. The first-order chi connectivity index (χ1) is 16.0. The van der Waals surface area contributed by atoms with E-state index in [4.69, 9.17) is 9.97 Å². The number of amides is 1. The van der Waals surface area contributed by atoms with Gasteiger partial charge in [0.25, 0.3) is 5.78 Å². The SMILES string of the molecule is CSc1nc2nc(C)c(CCC(=O)Nc3nc4ccccc4nc3N3CCCC3)c(C)n2n1. The lowest BCUT2D eigenvalue weighted by Gasteiger charge is -2.20. The minimum atomic E-state index is -0.0951. The fraction of sp³-hybridized carbons (Fsp3) is 0.391. The molecule has 170 valence electrons. The molecule has 33 heavy (non-hydrogen) atoms. The highest BCUT2D eigenvalue weighted by Gasteiger charge is 2.21. The van der Waals surface area contributed by atoms with Gasteiger partial charge in [-0.3, -0.25) is 4.79 Å². The van der Waals surface area contributed by atoms with E-state index >= 15 is 0 Å². The number of nitrogens with zero attached hydrogens (tertiary/aromatic N) is 7. The summed E-state index contributed by atoms with van der Waals surface area (Å²) in [6.07, 6.45) is 5.05. The number of fused-ring (bicyclic) bond motifs is 2. The third kappa shape index (κ3) is 4.22. The third-order valence-corrected chi connectivity index (χ3v) is 6.57. The second kappa shape index (κ2) is 8.93. The van der Waals surface area contributed by atoms with Crippen LogP contribution in [0, 0.1) is 13.8 Å². The van der Waals surface area contributed by atoms with Crippen LogP contribution >= 0.6 is 11.8 Å². The van der Waals surface area contributed by atoms with Gasteiger partial charge in [-0.25, -0.2) is 19.5 Å². The highest BCUT2D eigenvalue weighted by molar-refractivity contribution is 7.98. The van der Waals surface area contributed by atoms with Gasteiger partial charge >= 0.3 is 0 Å². The summed E-state index contributed by atoms with van der Waals surface area (Å²) < 4.78 is 1.76. The Balaban J connectivity index is 1.38. The first kappa shape index (κ1) is 21.6. The highest BCUT2D eigenvalue weighted by atomic mass is 32.2. The summed E-state index contributed by atoms with van der Waals surface area (Å²) in [5, 5.41) is 8.20. The van der Waals surface area contributed by atoms with Gasteiger partial charge in [0.1, 0.15) is 0 Å². The minimum absolute atomic E-state index is 0.0951. The summed E-state index contributed by atoms with van der Waals surface area (Å²) in [4.78, 5) is 33.7. The monoisotopic (exact) mass is 462 g/mol. The van der Waals surface area contributed by atoms with Crippen molar-refractivity contribution in [2.24, 2.45) is 0 Å². The molecule has 1 N–H and O–H groups in total. The summed E-state index contributed by atoms with van der Waals surface area (Å²) >= 11 is 1.48. The van der Waals surface area contributed by atoms with Crippen LogP contribution in [0.3, 0.4) is 0 Å². The van der Waals surface area contributed by atoms with Crippen molar-refractivity contribution in [1.29, 1.82) is 0 Å². The molecular weight excluding hydrogens is 436 g/mol. The number of para-hydroxylation sites is 2. The van der Waals surface area contributed by atoms with Crippen molar-refractivity contribution in [3.05, 3.63) is 41.2 Å². The molecule has 0 radical (unpaired) electrons. The summed E-state index contributed by atoms with van der Waals surface area (Å²) in [6.45, 7) is 5.80. The lowest BCUT2D eigenvalue weighted by Crippen LogP contribution is -2.23. The number of hydrogen-bond acceptors (Lipinski definition) is 8. The molecule has 1 saturated heterocycles. The Morgan fingerprint density at radius 1 is 1.06 bits per heavy atom. The lowest BCUT2D eigenvalue weighted by molar-refractivity contribution is -0.116. The molecule has 1 aromatic carbocycles. The van der Waals surface area contributed by atoms with E-state index in [0.29, 0.717) is 29.6 Å². The zero-order valence-electron chi connectivity index (χ0n) is 19.0. The Morgan fingerprint density at radius 3 is 2.52 bits per heavy atom. The van der Waals surface area contributed by atoms with Gasteiger partial charge in [-0.1, -0.05) is 23.9 Å². The van der Waals surface area contributed by atoms with Gasteiger partial charge in [-0.15, -0.1) is 5.10 Å². The van der Waals surface area contributed by atoms with Crippen LogP contribution in [0.1, 0.15) is 36.2 Å². The highest BCUT2D eigenvalue weighted by Crippen LogP contribution is 2.28. The van der Waals surface area contributed by atoms with Crippen LogP contribution in [-0.4, -0.2) is 54.8 Å². The van der Waals surface area contributed by atoms with E-state index in [-0.39, 0.29) is 5.91 Å². The van der Waals surface area contributed by atoms with Gasteiger partial charge in [0, 0.05) is 30.9 Å². The molecule has 0 atom stereocenters. The molecule has 9 nitrogen and oxygen atoms in total. The predicted molar refractivity (Wildman–Crippen MR) is 130 cm³/mol. The van der Waals surface area contributed by atoms with E-state index in [9.17, 15) is 4.79 Å². The van der Waals surface area contributed by atoms with E-state index in [2.05, 4.69) is 25.3 Å². The molecule has 0 saturated carbocycles. The van der Waals surface area contributed by atoms with E-state index in [1.54, 1.807) is 4.52 Å². The predicted octanol–water partition coefficient (Wildman–Crippen LogP) is 3.58. The third-order valence-electron chi connectivity index (χ3n) is 6.03. The van der Waals surface area contributed by atoms with E-state index < -0.39 is 0 Å². The maximum Gasteiger partial charge on any atom is 0.253 e. The molecule has 0 unspecified atom stereocenters. The van der Waals surface area contributed by atoms with Gasteiger partial charge in [-0.05, 0) is 57.1 Å². The number of thioether (sulfide) groups is 1. The summed E-state index contributed by atoms with van der Waals surface area (Å²) in [5.74, 6) is 1.78. The molecule has 3 aromatic heterocycles. The quantitative estimate of drug-likeness (QED) is 0.434. The topological polar surface area (TPSA) is 101 Å². The molecule has 1 aliphatic heterocycles. The molecule has 0 bridgehead atoms. The minimum Gasteiger partial charge on any atom is -0.354 e. The summed E-state index contributed by atoms with van der Waals surface area (Å²) in [7, 11) is 0. The maximum absolute atomic E-state index is 13.0. The zero-order chi connectivity index (χ0) is 22.9. The molecular formula is C23H26N8OS. The Hall–Kier alpha value is -3.27. The number of aryl methyl sites for hydroxylation is 2. The summed E-state index contributed by atoms with van der Waals surface area (Å²) in [5.41, 5.74) is 4.45. The average Bonchev–Trinajstić information content (AvgIpc) is 3.48. The number of aromatic nitrogens is 6. The number of hydrogen-bond donors (Lipinski definition) is 1. The molecule has 0 spiro atoms. The molecule has 1 aliphatic rings. The van der Waals surface area contributed by atoms with Gasteiger partial charge in [0.15, 0.2) is 11.6 Å². The van der Waals surface area contributed by atoms with Crippen LogP contribution in [0.2, 0.25) is 0 Å². The van der Waals surface area contributed by atoms with Crippen molar-refractivity contribution in [3.63, 3.8) is 0 Å². The van der Waals surface area contributed by atoms with Crippen LogP contribution in [-0.2, 0) is 11.2 Å². The van der Waals surface area contributed by atoms with Crippen LogP contribution in [0.15, 0.2) is 29.4 Å². The Kier molecular flexibility index (Phi) is 5.84. The van der Waals surface area contributed by atoms with Gasteiger partial charge in [0.2, 0.25) is 11.1 Å². The molecule has 1 fully saturated rings. The molecule has 0 aliphatic carbocycles. The standard InChI is InChI=1S/C23H26N8OS/c1-14-16(15(2)31-22(24-14)28-23(29-31)33-3)10-11-19(32)27-20-21(30-12-6-7-13-30)26-18-9-5-4-8-17(18)25-20/h4-5,8-9H,6-7,10-13H2,1-3H3,(H,25,27,32). The first-order valence-electron chi connectivity index (χ1n) is 11.1. The molecule has 1 amide bonds. The Bertz CT molecular complexity index is 1350. The number of carbonyl (C=O) groups is 1. The van der Waals surface area contributed by atoms with Crippen LogP contribution in [0.4, 0.5) is 11.6 Å². The largest absolute Gasteiger partial charge is 0.354 e. The fourth-order valence-corrected chi connectivity index (χ4v) is 4.63. The Morgan fingerprint density at radius 2 is 1.79 bits per heavy atom. The second-order valence-electron chi connectivity index (χ2n) is 8.20. The second-order valence-corrected chi connectivity index (χ2v) is 8.97. The van der Waals surface area contributed by atoms with Gasteiger partial charge < -0.3 is 10.2 Å². The molecule has 4 heterocycles. The average molecular weight is 463 g/mol. The number of nitrogens with one attached hydrogen (secondary N) is 1. The van der Waals surface area contributed by atoms with Crippen LogP contribution in [0.5, 0.6) is 0 Å². The van der Waals surface area contributed by atoms with Crippen molar-refractivity contribution in [3.8, 4) is 0 Å². The van der Waals surface area contributed by atoms with Crippen LogP contribution in [0.25, 0.3) is 16.8 Å². The van der Waals surface area contributed by atoms with Crippen LogP contribution < -0.4 is 10.2 Å². The number of carbonyl (C=O) groups excluding carboxylic acids is 1. The van der Waals surface area contributed by atoms with Crippen molar-refractivity contribution < 1.29 is 4.79 Å². The van der Waals surface area contributed by atoms with Crippen molar-refractivity contribution in [2.75, 3.05) is 29.6 Å². The number of benzene rings is 1. The van der Waals surface area contributed by atoms with E-state index in [1.807, 2.05) is 44.4 Å². The normalized spacial score (nSPS) is 13.8. The first-order valence-corrected chi connectivity index (χ1v) is 12.3. The smallest absolute Gasteiger partial charge is 0.253 e. The molecule has 10 heteroatoms. The maximum atomic E-state index is 13.0. The van der Waals surface area contributed by atoms with E-state index in [1.165, 1.54) is 11.8 Å². The van der Waals surface area contributed by atoms with Crippen molar-refractivity contribution in [1.82, 2.24) is 29.5 Å². The summed E-state index contributed by atoms with van der Waals surface area (Å²) in [6, 6.07) is 7.75. The van der Waals surface area contributed by atoms with Crippen molar-refractivity contribution in [2.45, 2.75) is 44.7 Å².